The van der Waals surface area contributed by atoms with Crippen molar-refractivity contribution in [2.24, 2.45) is 7.05 Å². The lowest BCUT2D eigenvalue weighted by Gasteiger charge is -2.21. The van der Waals surface area contributed by atoms with Crippen LogP contribution >= 0.6 is 0 Å². The number of phenolic OH excluding ortho intramolecular Hbond substituents is 1. The fourth-order valence-electron chi connectivity index (χ4n) is 3.41. The number of amides is 1. The first-order valence-corrected chi connectivity index (χ1v) is 10.3. The summed E-state index contributed by atoms with van der Waals surface area (Å²) in [4.78, 5) is 39.4. The molecule has 10 heteroatoms. The van der Waals surface area contributed by atoms with E-state index in [1.165, 1.54) is 36.2 Å². The molecule has 0 aliphatic carbocycles. The first-order valence-electron chi connectivity index (χ1n) is 10.3. The summed E-state index contributed by atoms with van der Waals surface area (Å²) >= 11 is 0. The van der Waals surface area contributed by atoms with Crippen LogP contribution in [0.1, 0.15) is 35.3 Å². The van der Waals surface area contributed by atoms with Crippen molar-refractivity contribution in [3.63, 3.8) is 0 Å². The number of nitrogens with zero attached hydrogens (tertiary/aromatic N) is 2. The van der Waals surface area contributed by atoms with Crippen LogP contribution in [0.4, 0.5) is 21.5 Å². The van der Waals surface area contributed by atoms with E-state index in [2.05, 4.69) is 15.7 Å². The van der Waals surface area contributed by atoms with Crippen LogP contribution in [0.25, 0.3) is 0 Å². The Balaban J connectivity index is 2.09. The Bertz CT molecular complexity index is 1300. The Morgan fingerprint density at radius 3 is 2.52 bits per heavy atom. The van der Waals surface area contributed by atoms with Crippen LogP contribution in [0.2, 0.25) is 0 Å². The van der Waals surface area contributed by atoms with Crippen LogP contribution in [-0.2, 0) is 7.05 Å². The van der Waals surface area contributed by atoms with Gasteiger partial charge in [0, 0.05) is 21.1 Å². The van der Waals surface area contributed by atoms with E-state index < -0.39 is 28.9 Å². The second kappa shape index (κ2) is 9.60. The average Bonchev–Trinajstić information content (AvgIpc) is 2.77. The van der Waals surface area contributed by atoms with E-state index in [4.69, 9.17) is 0 Å². The van der Waals surface area contributed by atoms with Crippen LogP contribution in [0.5, 0.6) is 5.75 Å². The molecule has 174 valence electrons. The quantitative estimate of drug-likeness (QED) is 0.407. The summed E-state index contributed by atoms with van der Waals surface area (Å²) in [7, 11) is 4.48. The van der Waals surface area contributed by atoms with Crippen LogP contribution in [0.3, 0.4) is 0 Å². The molecule has 1 amide bonds. The molecule has 0 bridgehead atoms. The van der Waals surface area contributed by atoms with Crippen molar-refractivity contribution < 1.29 is 14.3 Å². The van der Waals surface area contributed by atoms with Crippen molar-refractivity contribution in [2.45, 2.75) is 19.4 Å². The number of carbonyl (C=O) groups is 1. The van der Waals surface area contributed by atoms with Crippen LogP contribution in [0, 0.1) is 5.82 Å². The Morgan fingerprint density at radius 2 is 1.88 bits per heavy atom. The van der Waals surface area contributed by atoms with Gasteiger partial charge < -0.3 is 20.6 Å². The number of halogens is 1. The average molecular weight is 455 g/mol. The predicted octanol–water partition coefficient (Wildman–Crippen LogP) is 2.93. The second-order valence-electron chi connectivity index (χ2n) is 7.74. The fourth-order valence-corrected chi connectivity index (χ4v) is 3.41. The Hall–Kier alpha value is -4.08. The fraction of sp³-hybridized carbons (Fsp3) is 0.261. The molecule has 0 saturated heterocycles. The largest absolute Gasteiger partial charge is 0.505 e. The van der Waals surface area contributed by atoms with Crippen molar-refractivity contribution in [3.05, 3.63) is 80.1 Å². The van der Waals surface area contributed by atoms with E-state index in [1.807, 2.05) is 6.92 Å². The highest BCUT2D eigenvalue weighted by molar-refractivity contribution is 5.98. The molecule has 0 saturated carbocycles. The lowest BCUT2D eigenvalue weighted by Crippen LogP contribution is -2.32. The van der Waals surface area contributed by atoms with Crippen LogP contribution in [-0.4, -0.2) is 39.8 Å². The molecule has 1 heterocycles. The summed E-state index contributed by atoms with van der Waals surface area (Å²) < 4.78 is 14.8. The first kappa shape index (κ1) is 23.6. The molecular weight excluding hydrogens is 429 g/mol. The molecule has 0 aliphatic rings. The number of aryl methyl sites for hydroxylation is 1. The second-order valence-corrected chi connectivity index (χ2v) is 7.74. The Morgan fingerprint density at radius 1 is 1.18 bits per heavy atom. The van der Waals surface area contributed by atoms with Crippen LogP contribution < -0.4 is 21.8 Å². The molecule has 9 nitrogen and oxygen atoms in total. The molecule has 0 radical (unpaired) electrons. The van der Waals surface area contributed by atoms with E-state index >= 15 is 0 Å². The highest BCUT2D eigenvalue weighted by Gasteiger charge is 2.21. The Kier molecular flexibility index (Phi) is 6.86. The number of carbonyl (C=O) groups excluding carboxylic acids is 1. The SMILES string of the molecule is CCC(Nc1c(Nc2cccc(C(=O)N(C)C)c2O)c(=O)n(C)[nH]c1=O)c1cccc(F)c1. The molecule has 1 unspecified atom stereocenters. The summed E-state index contributed by atoms with van der Waals surface area (Å²) in [5, 5.41) is 18.9. The zero-order valence-corrected chi connectivity index (χ0v) is 18.8. The van der Waals surface area contributed by atoms with Gasteiger partial charge in [-0.2, -0.15) is 0 Å². The number of aromatic nitrogens is 2. The molecule has 0 spiro atoms. The van der Waals surface area contributed by atoms with Gasteiger partial charge in [-0.1, -0.05) is 25.1 Å². The number of aromatic amines is 1. The third-order valence-electron chi connectivity index (χ3n) is 5.17. The zero-order chi connectivity index (χ0) is 24.3. The molecule has 0 fully saturated rings. The number of nitrogens with one attached hydrogen (secondary N) is 3. The third kappa shape index (κ3) is 4.89. The summed E-state index contributed by atoms with van der Waals surface area (Å²) in [6, 6.07) is 9.97. The van der Waals surface area contributed by atoms with Gasteiger partial charge in [0.1, 0.15) is 17.2 Å². The number of hydrogen-bond donors (Lipinski definition) is 4. The molecule has 1 atom stereocenters. The van der Waals surface area contributed by atoms with Crippen molar-refractivity contribution in [2.75, 3.05) is 24.7 Å². The molecule has 3 aromatic rings. The molecule has 2 aromatic carbocycles. The standard InChI is InChI=1S/C23H26FN5O4/c1-5-16(13-8-6-9-14(24)12-13)25-18-19(23(33)29(4)27-21(18)31)26-17-11-7-10-15(20(17)30)22(32)28(2)3/h6-12,16,25-26,30H,5H2,1-4H3,(H,27,31). The van der Waals surface area contributed by atoms with Gasteiger partial charge in [-0.3, -0.25) is 24.2 Å². The van der Waals surface area contributed by atoms with E-state index in [0.29, 0.717) is 12.0 Å². The van der Waals surface area contributed by atoms with E-state index in [9.17, 15) is 23.9 Å². The van der Waals surface area contributed by atoms with Crippen molar-refractivity contribution >= 4 is 23.0 Å². The van der Waals surface area contributed by atoms with Crippen molar-refractivity contribution in [1.82, 2.24) is 14.7 Å². The van der Waals surface area contributed by atoms with Crippen LogP contribution in [0.15, 0.2) is 52.1 Å². The number of anilines is 3. The summed E-state index contributed by atoms with van der Waals surface area (Å²) in [5.41, 5.74) is -0.646. The first-order chi connectivity index (χ1) is 15.6. The number of H-pyrrole nitrogens is 1. The molecule has 4 N–H and O–H groups in total. The minimum atomic E-state index is -0.588. The van der Waals surface area contributed by atoms with Gasteiger partial charge in [0.25, 0.3) is 17.0 Å². The van der Waals surface area contributed by atoms with Gasteiger partial charge in [0.15, 0.2) is 5.75 Å². The lowest BCUT2D eigenvalue weighted by atomic mass is 10.0. The van der Waals surface area contributed by atoms with Crippen molar-refractivity contribution in [3.8, 4) is 5.75 Å². The van der Waals surface area contributed by atoms with Crippen molar-refractivity contribution in [1.29, 1.82) is 0 Å². The minimum absolute atomic E-state index is 0.0346. The van der Waals surface area contributed by atoms with Gasteiger partial charge >= 0.3 is 0 Å². The number of rotatable bonds is 7. The maximum atomic E-state index is 13.7. The van der Waals surface area contributed by atoms with E-state index in [0.717, 1.165) is 4.68 Å². The molecule has 0 aliphatic heterocycles. The number of hydrogen-bond acceptors (Lipinski definition) is 6. The monoisotopic (exact) mass is 455 g/mol. The normalized spacial score (nSPS) is 11.7. The number of benzene rings is 2. The summed E-state index contributed by atoms with van der Waals surface area (Å²) in [6.07, 6.45) is 0.496. The Labute approximate surface area is 189 Å². The maximum Gasteiger partial charge on any atom is 0.290 e. The van der Waals surface area contributed by atoms with E-state index in [1.54, 1.807) is 32.3 Å². The topological polar surface area (TPSA) is 119 Å². The minimum Gasteiger partial charge on any atom is -0.505 e. The molecule has 3 rings (SSSR count). The zero-order valence-electron chi connectivity index (χ0n) is 18.8. The summed E-state index contributed by atoms with van der Waals surface area (Å²) in [5.74, 6) is -1.21. The van der Waals surface area contributed by atoms with Gasteiger partial charge in [-0.05, 0) is 36.2 Å². The van der Waals surface area contributed by atoms with Gasteiger partial charge in [-0.15, -0.1) is 0 Å². The number of para-hydroxylation sites is 1. The summed E-state index contributed by atoms with van der Waals surface area (Å²) in [6.45, 7) is 1.85. The molecule has 1 aromatic heterocycles. The molecular formula is C23H26FN5O4. The van der Waals surface area contributed by atoms with E-state index in [-0.39, 0.29) is 28.4 Å². The highest BCUT2D eigenvalue weighted by atomic mass is 19.1. The van der Waals surface area contributed by atoms with Gasteiger partial charge in [0.2, 0.25) is 0 Å². The predicted molar refractivity (Wildman–Crippen MR) is 125 cm³/mol. The smallest absolute Gasteiger partial charge is 0.290 e. The van der Waals surface area contributed by atoms with Gasteiger partial charge in [0.05, 0.1) is 17.3 Å². The maximum absolute atomic E-state index is 13.7. The highest BCUT2D eigenvalue weighted by Crippen LogP contribution is 2.32. The number of aromatic hydroxyl groups is 1. The number of phenols is 1. The molecule has 33 heavy (non-hydrogen) atoms. The van der Waals surface area contributed by atoms with Gasteiger partial charge in [-0.25, -0.2) is 4.39 Å². The lowest BCUT2D eigenvalue weighted by molar-refractivity contribution is 0.0824. The third-order valence-corrected chi connectivity index (χ3v) is 5.17.